The van der Waals surface area contributed by atoms with Gasteiger partial charge < -0.3 is 10.0 Å². The number of hydrogen-bond acceptors (Lipinski definition) is 3. The number of nitrogens with zero attached hydrogens (tertiary/aromatic N) is 1. The zero-order valence-electron chi connectivity index (χ0n) is 18.6. The SMILES string of the molecule is O=C(O)C(Cc1ccccc1)N(Cc1sccc1-c1ccc(Cl)c(Cl)c1)C(=O)c1ccc(Cl)cc1Cl. The van der Waals surface area contributed by atoms with Crippen LogP contribution in [0.4, 0.5) is 0 Å². The molecule has 0 bridgehead atoms. The number of carbonyl (C=O) groups excluding carboxylic acids is 1. The predicted molar refractivity (Wildman–Crippen MR) is 148 cm³/mol. The summed E-state index contributed by atoms with van der Waals surface area (Å²) in [6, 6.07) is 19.8. The van der Waals surface area contributed by atoms with Crippen LogP contribution in [0.2, 0.25) is 20.1 Å². The van der Waals surface area contributed by atoms with E-state index in [2.05, 4.69) is 0 Å². The van der Waals surface area contributed by atoms with Gasteiger partial charge in [-0.3, -0.25) is 4.79 Å². The third kappa shape index (κ3) is 6.05. The van der Waals surface area contributed by atoms with E-state index in [1.165, 1.54) is 28.4 Å². The molecule has 184 valence electrons. The summed E-state index contributed by atoms with van der Waals surface area (Å²) in [5, 5.41) is 13.5. The Hall–Kier alpha value is -2.54. The lowest BCUT2D eigenvalue weighted by atomic mass is 10.0. The number of rotatable bonds is 8. The Balaban J connectivity index is 1.77. The van der Waals surface area contributed by atoms with Crippen molar-refractivity contribution in [3.63, 3.8) is 0 Å². The normalized spacial score (nSPS) is 11.8. The number of aliphatic carboxylic acids is 1. The molecule has 1 N–H and O–H groups in total. The third-order valence-electron chi connectivity index (χ3n) is 5.65. The van der Waals surface area contributed by atoms with E-state index >= 15 is 0 Å². The van der Waals surface area contributed by atoms with Crippen molar-refractivity contribution in [3.05, 3.63) is 114 Å². The minimum absolute atomic E-state index is 0.0504. The predicted octanol–water partition coefficient (Wildman–Crippen LogP) is 8.37. The maximum absolute atomic E-state index is 13.8. The van der Waals surface area contributed by atoms with Crippen molar-refractivity contribution >= 4 is 69.6 Å². The number of carboxylic acids is 1. The zero-order chi connectivity index (χ0) is 25.8. The van der Waals surface area contributed by atoms with Gasteiger partial charge in [-0.25, -0.2) is 4.79 Å². The van der Waals surface area contributed by atoms with Gasteiger partial charge in [0.1, 0.15) is 6.04 Å². The monoisotopic (exact) mass is 577 g/mol. The van der Waals surface area contributed by atoms with Crippen LogP contribution in [-0.4, -0.2) is 27.9 Å². The van der Waals surface area contributed by atoms with Crippen LogP contribution < -0.4 is 0 Å². The Bertz CT molecular complexity index is 1410. The Kier molecular flexibility index (Phi) is 8.60. The molecule has 0 aliphatic rings. The Morgan fingerprint density at radius 3 is 2.28 bits per heavy atom. The maximum atomic E-state index is 13.8. The molecule has 1 atom stereocenters. The summed E-state index contributed by atoms with van der Waals surface area (Å²) in [5.74, 6) is -1.63. The number of halogens is 4. The molecule has 4 rings (SSSR count). The number of benzene rings is 3. The van der Waals surface area contributed by atoms with E-state index in [9.17, 15) is 14.7 Å². The molecule has 0 fully saturated rings. The topological polar surface area (TPSA) is 57.6 Å². The zero-order valence-corrected chi connectivity index (χ0v) is 22.5. The van der Waals surface area contributed by atoms with E-state index in [4.69, 9.17) is 46.4 Å². The number of carbonyl (C=O) groups is 2. The molecule has 1 aromatic heterocycles. The highest BCUT2D eigenvalue weighted by molar-refractivity contribution is 7.10. The van der Waals surface area contributed by atoms with E-state index < -0.39 is 17.9 Å². The van der Waals surface area contributed by atoms with Gasteiger partial charge in [-0.15, -0.1) is 11.3 Å². The molecule has 0 saturated carbocycles. The van der Waals surface area contributed by atoms with Gasteiger partial charge in [0.25, 0.3) is 5.91 Å². The van der Waals surface area contributed by atoms with Gasteiger partial charge in [-0.05, 0) is 58.5 Å². The second-order valence-corrected chi connectivity index (χ2v) is 10.6. The van der Waals surface area contributed by atoms with Gasteiger partial charge >= 0.3 is 5.97 Å². The maximum Gasteiger partial charge on any atom is 0.326 e. The highest BCUT2D eigenvalue weighted by Crippen LogP contribution is 2.35. The van der Waals surface area contributed by atoms with Crippen molar-refractivity contribution in [2.45, 2.75) is 19.0 Å². The molecule has 4 aromatic rings. The first-order valence-electron chi connectivity index (χ1n) is 10.8. The van der Waals surface area contributed by atoms with Crippen molar-refractivity contribution in [1.29, 1.82) is 0 Å². The lowest BCUT2D eigenvalue weighted by Crippen LogP contribution is -2.46. The second-order valence-electron chi connectivity index (χ2n) is 7.99. The standard InChI is InChI=1S/C27H19Cl4NO3S/c28-18-7-8-20(22(30)14-18)26(33)32(24(27(34)35)12-16-4-2-1-3-5-16)15-25-19(10-11-36-25)17-6-9-21(29)23(31)13-17/h1-11,13-14,24H,12,15H2,(H,34,35). The van der Waals surface area contributed by atoms with E-state index in [0.717, 1.165) is 21.6 Å². The lowest BCUT2D eigenvalue weighted by molar-refractivity contribution is -0.142. The molecule has 9 heteroatoms. The first-order valence-corrected chi connectivity index (χ1v) is 13.2. The molecule has 1 unspecified atom stereocenters. The Labute approximate surface area is 232 Å². The largest absolute Gasteiger partial charge is 0.480 e. The molecule has 0 saturated heterocycles. The number of hydrogen-bond donors (Lipinski definition) is 1. The van der Waals surface area contributed by atoms with Crippen LogP contribution in [0.1, 0.15) is 20.8 Å². The van der Waals surface area contributed by atoms with Crippen molar-refractivity contribution in [3.8, 4) is 11.1 Å². The third-order valence-corrected chi connectivity index (χ3v) is 7.84. The number of amides is 1. The lowest BCUT2D eigenvalue weighted by Gasteiger charge is -2.30. The molecule has 4 nitrogen and oxygen atoms in total. The van der Waals surface area contributed by atoms with Crippen LogP contribution in [0, 0.1) is 0 Å². The fourth-order valence-corrected chi connectivity index (χ4v) is 5.53. The van der Waals surface area contributed by atoms with Gasteiger partial charge in [0.15, 0.2) is 0 Å². The molecule has 1 heterocycles. The van der Waals surface area contributed by atoms with E-state index in [1.807, 2.05) is 47.8 Å². The average Bonchev–Trinajstić information content (AvgIpc) is 3.31. The quantitative estimate of drug-likeness (QED) is 0.228. The molecule has 0 spiro atoms. The Morgan fingerprint density at radius 2 is 1.61 bits per heavy atom. The first-order chi connectivity index (χ1) is 17.2. The summed E-state index contributed by atoms with van der Waals surface area (Å²) in [4.78, 5) is 28.4. The average molecular weight is 579 g/mol. The summed E-state index contributed by atoms with van der Waals surface area (Å²) in [6.07, 6.45) is 0.126. The van der Waals surface area contributed by atoms with Crippen molar-refractivity contribution < 1.29 is 14.7 Å². The van der Waals surface area contributed by atoms with Gasteiger partial charge in [0, 0.05) is 16.3 Å². The summed E-state index contributed by atoms with van der Waals surface area (Å²) in [5.41, 5.74) is 2.61. The molecular weight excluding hydrogens is 560 g/mol. The van der Waals surface area contributed by atoms with Crippen LogP contribution in [0.15, 0.2) is 78.2 Å². The molecule has 3 aromatic carbocycles. The van der Waals surface area contributed by atoms with E-state index in [-0.39, 0.29) is 23.6 Å². The molecule has 0 radical (unpaired) electrons. The molecule has 0 aliphatic carbocycles. The molecular formula is C27H19Cl4NO3S. The first kappa shape index (κ1) is 26.5. The van der Waals surface area contributed by atoms with Crippen molar-refractivity contribution in [2.24, 2.45) is 0 Å². The number of thiophene rings is 1. The summed E-state index contributed by atoms with van der Waals surface area (Å²) in [7, 11) is 0. The van der Waals surface area contributed by atoms with Gasteiger partial charge in [0.2, 0.25) is 0 Å². The summed E-state index contributed by atoms with van der Waals surface area (Å²) in [6.45, 7) is 0.0504. The molecule has 36 heavy (non-hydrogen) atoms. The van der Waals surface area contributed by atoms with Crippen LogP contribution >= 0.6 is 57.7 Å². The second kappa shape index (κ2) is 11.7. The van der Waals surface area contributed by atoms with Crippen LogP contribution in [0.5, 0.6) is 0 Å². The molecule has 0 aliphatic heterocycles. The van der Waals surface area contributed by atoms with E-state index in [1.54, 1.807) is 18.2 Å². The van der Waals surface area contributed by atoms with Crippen LogP contribution in [0.3, 0.4) is 0 Å². The minimum Gasteiger partial charge on any atom is -0.480 e. The fourth-order valence-electron chi connectivity index (χ4n) is 3.85. The summed E-state index contributed by atoms with van der Waals surface area (Å²) < 4.78 is 0. The number of carboxylic acid groups (broad SMARTS) is 1. The molecule has 1 amide bonds. The van der Waals surface area contributed by atoms with E-state index in [0.29, 0.717) is 15.1 Å². The minimum atomic E-state index is -1.14. The Morgan fingerprint density at radius 1 is 0.861 bits per heavy atom. The summed E-state index contributed by atoms with van der Waals surface area (Å²) >= 11 is 26.1. The van der Waals surface area contributed by atoms with Crippen molar-refractivity contribution in [2.75, 3.05) is 0 Å². The van der Waals surface area contributed by atoms with Gasteiger partial charge in [-0.2, -0.15) is 0 Å². The van der Waals surface area contributed by atoms with Crippen molar-refractivity contribution in [1.82, 2.24) is 4.90 Å². The van der Waals surface area contributed by atoms with Gasteiger partial charge in [-0.1, -0.05) is 82.8 Å². The smallest absolute Gasteiger partial charge is 0.326 e. The van der Waals surface area contributed by atoms with Crippen LogP contribution in [-0.2, 0) is 17.8 Å². The highest BCUT2D eigenvalue weighted by Gasteiger charge is 2.32. The van der Waals surface area contributed by atoms with Crippen LogP contribution in [0.25, 0.3) is 11.1 Å². The highest BCUT2D eigenvalue weighted by atomic mass is 35.5. The fraction of sp³-hybridized carbons (Fsp3) is 0.111. The van der Waals surface area contributed by atoms with Gasteiger partial charge in [0.05, 0.1) is 27.2 Å².